The van der Waals surface area contributed by atoms with E-state index < -0.39 is 6.10 Å². The van der Waals surface area contributed by atoms with Crippen molar-refractivity contribution in [3.05, 3.63) is 42.4 Å². The molecule has 0 unspecified atom stereocenters. The van der Waals surface area contributed by atoms with Gasteiger partial charge in [0.05, 0.1) is 11.7 Å². The number of hydrogen-bond donors (Lipinski definition) is 2. The van der Waals surface area contributed by atoms with Crippen LogP contribution >= 0.6 is 0 Å². The topological polar surface area (TPSA) is 88.0 Å². The van der Waals surface area contributed by atoms with E-state index in [1.807, 2.05) is 6.07 Å². The van der Waals surface area contributed by atoms with Gasteiger partial charge in [-0.15, -0.1) is 0 Å². The third-order valence-electron chi connectivity index (χ3n) is 2.37. The first-order chi connectivity index (χ1) is 9.16. The minimum atomic E-state index is -0.585. The Morgan fingerprint density at radius 3 is 2.63 bits per heavy atom. The van der Waals surface area contributed by atoms with Gasteiger partial charge in [0.25, 0.3) is 5.91 Å². The highest BCUT2D eigenvalue weighted by atomic mass is 16.3. The highest BCUT2D eigenvalue weighted by Gasteiger charge is 2.08. The van der Waals surface area contributed by atoms with Crippen LogP contribution in [0.5, 0.6) is 0 Å². The fraction of sp³-hybridized carbons (Fsp3) is 0.231. The Kier molecular flexibility index (Phi) is 4.15. The zero-order valence-corrected chi connectivity index (χ0v) is 10.4. The van der Waals surface area contributed by atoms with Gasteiger partial charge >= 0.3 is 0 Å². The molecule has 0 aromatic carbocycles. The summed E-state index contributed by atoms with van der Waals surface area (Å²) in [5.41, 5.74) is 0.999. The highest BCUT2D eigenvalue weighted by Crippen LogP contribution is 2.09. The Balaban J connectivity index is 2.08. The van der Waals surface area contributed by atoms with Crippen LogP contribution in [-0.4, -0.2) is 38.6 Å². The summed E-state index contributed by atoms with van der Waals surface area (Å²) in [7, 11) is 0. The van der Waals surface area contributed by atoms with Crippen LogP contribution in [-0.2, 0) is 0 Å². The van der Waals surface area contributed by atoms with Crippen molar-refractivity contribution in [2.45, 2.75) is 13.0 Å². The molecule has 2 heterocycles. The fourth-order valence-corrected chi connectivity index (χ4v) is 1.42. The molecule has 0 saturated carbocycles. The van der Waals surface area contributed by atoms with E-state index in [0.29, 0.717) is 17.1 Å². The fourth-order valence-electron chi connectivity index (χ4n) is 1.42. The van der Waals surface area contributed by atoms with Crippen molar-refractivity contribution in [1.82, 2.24) is 20.3 Å². The molecule has 0 aliphatic heterocycles. The number of carbonyl (C=O) groups excluding carboxylic acids is 1. The van der Waals surface area contributed by atoms with Gasteiger partial charge in [0.15, 0.2) is 5.82 Å². The lowest BCUT2D eigenvalue weighted by Gasteiger charge is -2.06. The molecule has 2 N–H and O–H groups in total. The summed E-state index contributed by atoms with van der Waals surface area (Å²) in [6.45, 7) is 1.79. The first kappa shape index (κ1) is 13.1. The number of aliphatic hydroxyl groups is 1. The SMILES string of the molecule is C[C@@H](O)CNC(=O)c1cnc(-c2ccccn2)nc1. The Hall–Kier alpha value is -2.34. The molecule has 98 valence electrons. The monoisotopic (exact) mass is 258 g/mol. The van der Waals surface area contributed by atoms with Gasteiger partial charge in [0.2, 0.25) is 0 Å². The van der Waals surface area contributed by atoms with Crippen molar-refractivity contribution in [3.8, 4) is 11.5 Å². The van der Waals surface area contributed by atoms with Crippen LogP contribution in [0.15, 0.2) is 36.8 Å². The maximum atomic E-state index is 11.7. The number of pyridine rings is 1. The number of amides is 1. The van der Waals surface area contributed by atoms with E-state index in [1.54, 1.807) is 25.3 Å². The largest absolute Gasteiger partial charge is 0.392 e. The van der Waals surface area contributed by atoms with E-state index in [9.17, 15) is 4.79 Å². The number of aliphatic hydroxyl groups excluding tert-OH is 1. The average Bonchev–Trinajstić information content (AvgIpc) is 2.46. The first-order valence-electron chi connectivity index (χ1n) is 5.86. The lowest BCUT2D eigenvalue weighted by molar-refractivity contribution is 0.0923. The van der Waals surface area contributed by atoms with E-state index in [1.165, 1.54) is 12.4 Å². The van der Waals surface area contributed by atoms with E-state index in [2.05, 4.69) is 20.3 Å². The second-order valence-corrected chi connectivity index (χ2v) is 4.07. The van der Waals surface area contributed by atoms with Gasteiger partial charge in [0, 0.05) is 25.1 Å². The van der Waals surface area contributed by atoms with E-state index >= 15 is 0 Å². The molecule has 0 aliphatic carbocycles. The number of aromatic nitrogens is 3. The van der Waals surface area contributed by atoms with Crippen molar-refractivity contribution < 1.29 is 9.90 Å². The molecule has 0 aliphatic rings. The summed E-state index contributed by atoms with van der Waals surface area (Å²) in [5, 5.41) is 11.7. The Bertz CT molecular complexity index is 540. The highest BCUT2D eigenvalue weighted by molar-refractivity contribution is 5.93. The first-order valence-corrected chi connectivity index (χ1v) is 5.86. The number of nitrogens with zero attached hydrogens (tertiary/aromatic N) is 3. The molecule has 0 bridgehead atoms. The number of carbonyl (C=O) groups is 1. The van der Waals surface area contributed by atoms with Crippen LogP contribution in [0.2, 0.25) is 0 Å². The Morgan fingerprint density at radius 2 is 2.05 bits per heavy atom. The average molecular weight is 258 g/mol. The third-order valence-corrected chi connectivity index (χ3v) is 2.37. The molecule has 2 aromatic heterocycles. The maximum Gasteiger partial charge on any atom is 0.254 e. The molecular weight excluding hydrogens is 244 g/mol. The number of nitrogens with one attached hydrogen (secondary N) is 1. The molecule has 1 amide bonds. The molecule has 0 spiro atoms. The lowest BCUT2D eigenvalue weighted by Crippen LogP contribution is -2.30. The summed E-state index contributed by atoms with van der Waals surface area (Å²) >= 11 is 0. The molecule has 1 atom stereocenters. The van der Waals surface area contributed by atoms with Gasteiger partial charge in [0.1, 0.15) is 5.69 Å². The zero-order valence-electron chi connectivity index (χ0n) is 10.4. The second kappa shape index (κ2) is 6.01. The molecule has 0 fully saturated rings. The van der Waals surface area contributed by atoms with Crippen LogP contribution < -0.4 is 5.32 Å². The van der Waals surface area contributed by atoms with Crippen molar-refractivity contribution in [1.29, 1.82) is 0 Å². The third kappa shape index (κ3) is 3.56. The van der Waals surface area contributed by atoms with Gasteiger partial charge in [-0.2, -0.15) is 0 Å². The minimum Gasteiger partial charge on any atom is -0.392 e. The molecule has 0 saturated heterocycles. The maximum absolute atomic E-state index is 11.7. The second-order valence-electron chi connectivity index (χ2n) is 4.07. The predicted octanol–water partition coefficient (Wildman–Crippen LogP) is 0.649. The summed E-state index contributed by atoms with van der Waals surface area (Å²) in [5.74, 6) is 0.154. The zero-order chi connectivity index (χ0) is 13.7. The molecule has 2 aromatic rings. The van der Waals surface area contributed by atoms with Gasteiger partial charge in [-0.25, -0.2) is 9.97 Å². The van der Waals surface area contributed by atoms with Gasteiger partial charge < -0.3 is 10.4 Å². The standard InChI is InChI=1S/C13H14N4O2/c1-9(18)6-17-13(19)10-7-15-12(16-8-10)11-4-2-3-5-14-11/h2-5,7-9,18H,6H2,1H3,(H,17,19)/t9-/m1/s1. The molecule has 6 heteroatoms. The molecule has 19 heavy (non-hydrogen) atoms. The van der Waals surface area contributed by atoms with Crippen LogP contribution in [0.3, 0.4) is 0 Å². The summed E-state index contributed by atoms with van der Waals surface area (Å²) in [6.07, 6.45) is 3.95. The van der Waals surface area contributed by atoms with E-state index in [-0.39, 0.29) is 12.5 Å². The number of hydrogen-bond acceptors (Lipinski definition) is 5. The molecular formula is C13H14N4O2. The van der Waals surface area contributed by atoms with Crippen LogP contribution in [0.25, 0.3) is 11.5 Å². The predicted molar refractivity (Wildman–Crippen MR) is 69.3 cm³/mol. The molecule has 0 radical (unpaired) electrons. The van der Waals surface area contributed by atoms with Gasteiger partial charge in [-0.3, -0.25) is 9.78 Å². The van der Waals surface area contributed by atoms with Crippen LogP contribution in [0.1, 0.15) is 17.3 Å². The van der Waals surface area contributed by atoms with Crippen molar-refractivity contribution in [2.75, 3.05) is 6.54 Å². The summed E-state index contributed by atoms with van der Waals surface area (Å²) in [6, 6.07) is 5.44. The molecule has 6 nitrogen and oxygen atoms in total. The van der Waals surface area contributed by atoms with Crippen molar-refractivity contribution in [3.63, 3.8) is 0 Å². The van der Waals surface area contributed by atoms with Crippen molar-refractivity contribution >= 4 is 5.91 Å². The summed E-state index contributed by atoms with van der Waals surface area (Å²) < 4.78 is 0. The van der Waals surface area contributed by atoms with E-state index in [4.69, 9.17) is 5.11 Å². The van der Waals surface area contributed by atoms with Gasteiger partial charge in [-0.05, 0) is 19.1 Å². The number of rotatable bonds is 4. The Morgan fingerprint density at radius 1 is 1.32 bits per heavy atom. The lowest BCUT2D eigenvalue weighted by atomic mass is 10.3. The Labute approximate surface area is 110 Å². The summed E-state index contributed by atoms with van der Waals surface area (Å²) in [4.78, 5) is 24.0. The van der Waals surface area contributed by atoms with Crippen LogP contribution in [0.4, 0.5) is 0 Å². The van der Waals surface area contributed by atoms with Gasteiger partial charge in [-0.1, -0.05) is 6.07 Å². The smallest absolute Gasteiger partial charge is 0.254 e. The van der Waals surface area contributed by atoms with E-state index in [0.717, 1.165) is 0 Å². The minimum absolute atomic E-state index is 0.195. The van der Waals surface area contributed by atoms with Crippen molar-refractivity contribution in [2.24, 2.45) is 0 Å². The van der Waals surface area contributed by atoms with Crippen LogP contribution in [0, 0.1) is 0 Å². The quantitative estimate of drug-likeness (QED) is 0.840. The normalized spacial score (nSPS) is 11.9. The molecule has 2 rings (SSSR count).